The summed E-state index contributed by atoms with van der Waals surface area (Å²) < 4.78 is 7.32. The third-order valence-electron chi connectivity index (χ3n) is 3.01. The molecule has 0 spiro atoms. The largest absolute Gasteiger partial charge is 0.378 e. The average molecular weight is 248 g/mol. The van der Waals surface area contributed by atoms with Gasteiger partial charge in [0.25, 0.3) is 0 Å². The molecule has 0 bridgehead atoms. The Hall–Kier alpha value is -1.73. The Morgan fingerprint density at radius 1 is 1.56 bits per heavy atom. The average Bonchev–Trinajstić information content (AvgIpc) is 2.80. The molecule has 1 aliphatic rings. The zero-order valence-electron chi connectivity index (χ0n) is 10.3. The Kier molecular flexibility index (Phi) is 3.07. The normalized spacial score (nSPS) is 20.2. The summed E-state index contributed by atoms with van der Waals surface area (Å²) in [5.74, 6) is 1.61. The van der Waals surface area contributed by atoms with Crippen LogP contribution in [-0.2, 0) is 4.74 Å². The standard InChI is InChI=1S/C11H16N6O/c1-8-15-16-11-10(13-2-4-17(8)11)14-6-9-7-18-5-3-12-9/h2,4,9,12H,3,5-7H2,1H3,(H,13,14). The quantitative estimate of drug-likeness (QED) is 0.785. The number of anilines is 1. The Morgan fingerprint density at radius 2 is 2.50 bits per heavy atom. The zero-order valence-corrected chi connectivity index (χ0v) is 10.3. The number of morpholine rings is 1. The maximum absolute atomic E-state index is 5.41. The van der Waals surface area contributed by atoms with Crippen LogP contribution in [0.4, 0.5) is 5.82 Å². The van der Waals surface area contributed by atoms with E-state index in [1.807, 2.05) is 17.5 Å². The number of ether oxygens (including phenoxy) is 1. The Bertz CT molecular complexity index is 533. The summed E-state index contributed by atoms with van der Waals surface area (Å²) in [7, 11) is 0. The van der Waals surface area contributed by atoms with Gasteiger partial charge in [0, 0.05) is 31.5 Å². The molecule has 1 unspecified atom stereocenters. The van der Waals surface area contributed by atoms with Crippen molar-refractivity contribution in [1.29, 1.82) is 0 Å². The SMILES string of the molecule is Cc1nnc2c(NCC3COCCN3)nccn12. The third kappa shape index (κ3) is 2.14. The fourth-order valence-corrected chi connectivity index (χ4v) is 2.04. The first-order valence-electron chi connectivity index (χ1n) is 6.06. The van der Waals surface area contributed by atoms with E-state index in [0.717, 1.165) is 43.6 Å². The van der Waals surface area contributed by atoms with Crippen LogP contribution in [-0.4, -0.2) is 51.9 Å². The molecule has 18 heavy (non-hydrogen) atoms. The fraction of sp³-hybridized carbons (Fsp3) is 0.545. The van der Waals surface area contributed by atoms with Crippen molar-refractivity contribution in [3.05, 3.63) is 18.2 Å². The van der Waals surface area contributed by atoms with Crippen LogP contribution in [0.2, 0.25) is 0 Å². The van der Waals surface area contributed by atoms with Gasteiger partial charge in [0.15, 0.2) is 5.82 Å². The van der Waals surface area contributed by atoms with Crippen LogP contribution in [0.25, 0.3) is 5.65 Å². The van der Waals surface area contributed by atoms with Gasteiger partial charge in [-0.05, 0) is 6.92 Å². The Labute approximate surface area is 105 Å². The first-order valence-corrected chi connectivity index (χ1v) is 6.06. The number of fused-ring (bicyclic) bond motifs is 1. The van der Waals surface area contributed by atoms with Gasteiger partial charge < -0.3 is 15.4 Å². The van der Waals surface area contributed by atoms with Crippen molar-refractivity contribution < 1.29 is 4.74 Å². The lowest BCUT2D eigenvalue weighted by Gasteiger charge is -2.24. The maximum atomic E-state index is 5.41. The van der Waals surface area contributed by atoms with E-state index in [2.05, 4.69) is 25.8 Å². The van der Waals surface area contributed by atoms with Crippen molar-refractivity contribution in [2.75, 3.05) is 31.6 Å². The van der Waals surface area contributed by atoms with Crippen molar-refractivity contribution >= 4 is 11.5 Å². The summed E-state index contributed by atoms with van der Waals surface area (Å²) in [5, 5.41) is 14.8. The molecule has 1 atom stereocenters. The molecule has 0 aromatic carbocycles. The molecule has 1 fully saturated rings. The molecule has 1 aliphatic heterocycles. The second-order valence-electron chi connectivity index (χ2n) is 4.32. The highest BCUT2D eigenvalue weighted by atomic mass is 16.5. The second kappa shape index (κ2) is 4.87. The van der Waals surface area contributed by atoms with E-state index in [-0.39, 0.29) is 0 Å². The Morgan fingerprint density at radius 3 is 3.33 bits per heavy atom. The van der Waals surface area contributed by atoms with Crippen molar-refractivity contribution in [3.8, 4) is 0 Å². The number of aryl methyl sites for hydroxylation is 1. The van der Waals surface area contributed by atoms with E-state index < -0.39 is 0 Å². The van der Waals surface area contributed by atoms with E-state index in [1.165, 1.54) is 0 Å². The first-order chi connectivity index (χ1) is 8.84. The summed E-state index contributed by atoms with van der Waals surface area (Å²) in [6.07, 6.45) is 3.61. The predicted octanol–water partition coefficient (Wildman–Crippen LogP) is -0.167. The number of hydrogen-bond donors (Lipinski definition) is 2. The van der Waals surface area contributed by atoms with Crippen LogP contribution in [0, 0.1) is 6.92 Å². The van der Waals surface area contributed by atoms with Crippen molar-refractivity contribution in [3.63, 3.8) is 0 Å². The van der Waals surface area contributed by atoms with E-state index in [9.17, 15) is 0 Å². The molecule has 7 heteroatoms. The molecular formula is C11H16N6O. The van der Waals surface area contributed by atoms with Crippen LogP contribution < -0.4 is 10.6 Å². The van der Waals surface area contributed by atoms with Crippen LogP contribution >= 0.6 is 0 Å². The first kappa shape index (κ1) is 11.4. The molecule has 0 amide bonds. The van der Waals surface area contributed by atoms with Crippen molar-refractivity contribution in [1.82, 2.24) is 24.9 Å². The fourth-order valence-electron chi connectivity index (χ4n) is 2.04. The van der Waals surface area contributed by atoms with Crippen LogP contribution in [0.1, 0.15) is 5.82 Å². The molecule has 0 aliphatic carbocycles. The van der Waals surface area contributed by atoms with E-state index >= 15 is 0 Å². The number of hydrogen-bond acceptors (Lipinski definition) is 6. The van der Waals surface area contributed by atoms with Gasteiger partial charge in [0.2, 0.25) is 5.65 Å². The molecule has 2 aromatic rings. The Balaban J connectivity index is 1.74. The molecule has 2 N–H and O–H groups in total. The number of aromatic nitrogens is 4. The second-order valence-corrected chi connectivity index (χ2v) is 4.32. The van der Waals surface area contributed by atoms with E-state index in [0.29, 0.717) is 6.04 Å². The molecule has 1 saturated heterocycles. The summed E-state index contributed by atoms with van der Waals surface area (Å²) in [5.41, 5.74) is 0.756. The van der Waals surface area contributed by atoms with Gasteiger partial charge in [-0.3, -0.25) is 4.40 Å². The topological polar surface area (TPSA) is 76.4 Å². The van der Waals surface area contributed by atoms with Crippen LogP contribution in [0.5, 0.6) is 0 Å². The van der Waals surface area contributed by atoms with Crippen molar-refractivity contribution in [2.45, 2.75) is 13.0 Å². The minimum absolute atomic E-state index is 0.310. The smallest absolute Gasteiger partial charge is 0.203 e. The molecular weight excluding hydrogens is 232 g/mol. The minimum Gasteiger partial charge on any atom is -0.378 e. The molecule has 0 saturated carbocycles. The van der Waals surface area contributed by atoms with Crippen LogP contribution in [0.3, 0.4) is 0 Å². The minimum atomic E-state index is 0.310. The van der Waals surface area contributed by atoms with Crippen molar-refractivity contribution in [2.24, 2.45) is 0 Å². The highest BCUT2D eigenvalue weighted by Gasteiger charge is 2.14. The van der Waals surface area contributed by atoms with Gasteiger partial charge in [-0.2, -0.15) is 0 Å². The highest BCUT2D eigenvalue weighted by molar-refractivity contribution is 5.61. The summed E-state index contributed by atoms with van der Waals surface area (Å²) >= 11 is 0. The highest BCUT2D eigenvalue weighted by Crippen LogP contribution is 2.11. The van der Waals surface area contributed by atoms with Gasteiger partial charge in [-0.1, -0.05) is 0 Å². The van der Waals surface area contributed by atoms with E-state index in [4.69, 9.17) is 4.74 Å². The molecule has 7 nitrogen and oxygen atoms in total. The van der Waals surface area contributed by atoms with Gasteiger partial charge >= 0.3 is 0 Å². The lowest BCUT2D eigenvalue weighted by molar-refractivity contribution is 0.0806. The lowest BCUT2D eigenvalue weighted by Crippen LogP contribution is -2.45. The third-order valence-corrected chi connectivity index (χ3v) is 3.01. The van der Waals surface area contributed by atoms with E-state index in [1.54, 1.807) is 6.20 Å². The molecule has 3 heterocycles. The summed E-state index contributed by atoms with van der Waals surface area (Å²) in [4.78, 5) is 4.30. The number of nitrogens with one attached hydrogen (secondary N) is 2. The monoisotopic (exact) mass is 248 g/mol. The summed E-state index contributed by atoms with van der Waals surface area (Å²) in [6, 6.07) is 0.310. The molecule has 2 aromatic heterocycles. The lowest BCUT2D eigenvalue weighted by atomic mass is 10.3. The van der Waals surface area contributed by atoms with Gasteiger partial charge in [0.05, 0.1) is 13.2 Å². The molecule has 3 rings (SSSR count). The number of rotatable bonds is 3. The zero-order chi connectivity index (χ0) is 12.4. The predicted molar refractivity (Wildman–Crippen MR) is 66.6 cm³/mol. The molecule has 96 valence electrons. The van der Waals surface area contributed by atoms with Gasteiger partial charge in [0.1, 0.15) is 5.82 Å². The van der Waals surface area contributed by atoms with Crippen LogP contribution in [0.15, 0.2) is 12.4 Å². The maximum Gasteiger partial charge on any atom is 0.203 e. The number of nitrogens with zero attached hydrogens (tertiary/aromatic N) is 4. The van der Waals surface area contributed by atoms with Gasteiger partial charge in [-0.15, -0.1) is 10.2 Å². The summed E-state index contributed by atoms with van der Waals surface area (Å²) in [6.45, 7) is 5.09. The van der Waals surface area contributed by atoms with Gasteiger partial charge in [-0.25, -0.2) is 4.98 Å². The molecule has 0 radical (unpaired) electrons.